The molecular weight excluding hydrogens is 404 g/mol. The Balaban J connectivity index is 1.48. The number of esters is 1. The van der Waals surface area contributed by atoms with E-state index in [4.69, 9.17) is 9.47 Å². The molecule has 3 rings (SSSR count). The van der Waals surface area contributed by atoms with Crippen LogP contribution in [0.4, 0.5) is 4.79 Å². The third-order valence-corrected chi connectivity index (χ3v) is 5.83. The van der Waals surface area contributed by atoms with Gasteiger partial charge in [0, 0.05) is 30.8 Å². The summed E-state index contributed by atoms with van der Waals surface area (Å²) in [5.41, 5.74) is 2.68. The van der Waals surface area contributed by atoms with Gasteiger partial charge in [0.15, 0.2) is 0 Å². The van der Waals surface area contributed by atoms with Crippen LogP contribution in [0.3, 0.4) is 0 Å². The first kappa shape index (κ1) is 21.8. The van der Waals surface area contributed by atoms with Gasteiger partial charge in [-0.2, -0.15) is 0 Å². The van der Waals surface area contributed by atoms with Crippen molar-refractivity contribution in [1.82, 2.24) is 10.3 Å². The minimum Gasteiger partial charge on any atom is -0.493 e. The molecule has 1 fully saturated rings. The van der Waals surface area contributed by atoms with E-state index in [-0.39, 0.29) is 23.2 Å². The van der Waals surface area contributed by atoms with Gasteiger partial charge in [-0.1, -0.05) is 18.2 Å². The number of benzene rings is 1. The molecule has 2 amide bonds. The van der Waals surface area contributed by atoms with Gasteiger partial charge < -0.3 is 9.47 Å². The van der Waals surface area contributed by atoms with E-state index in [1.165, 1.54) is 6.92 Å². The van der Waals surface area contributed by atoms with Crippen LogP contribution in [0, 0.1) is 0 Å². The standard InChI is InChI=1S/C22H24N2O5S/c1-14(29-15(2)25)17-6-7-18(23-13-17)10-11-28-19-8-4-16(5-9-19)12-22(3)20(26)24-21(27)30-22/h4-9,13-14H,10-12H2,1-3H3,(H,24,26,27)/t14-,22?/m0/s1. The molecule has 0 aliphatic carbocycles. The van der Waals surface area contributed by atoms with E-state index in [1.807, 2.05) is 36.4 Å². The highest BCUT2D eigenvalue weighted by atomic mass is 32.2. The van der Waals surface area contributed by atoms with E-state index < -0.39 is 4.75 Å². The number of amides is 2. The summed E-state index contributed by atoms with van der Waals surface area (Å²) < 4.78 is 10.1. The molecule has 1 aliphatic heterocycles. The molecule has 0 saturated carbocycles. The molecule has 0 spiro atoms. The number of nitrogens with one attached hydrogen (secondary N) is 1. The summed E-state index contributed by atoms with van der Waals surface area (Å²) >= 11 is 1.03. The number of pyridine rings is 1. The monoisotopic (exact) mass is 428 g/mol. The zero-order valence-corrected chi connectivity index (χ0v) is 18.0. The van der Waals surface area contributed by atoms with Crippen molar-refractivity contribution < 1.29 is 23.9 Å². The number of aromatic nitrogens is 1. The molecule has 30 heavy (non-hydrogen) atoms. The molecule has 2 atom stereocenters. The predicted molar refractivity (Wildman–Crippen MR) is 113 cm³/mol. The predicted octanol–water partition coefficient (Wildman–Crippen LogP) is 3.61. The Morgan fingerprint density at radius 1 is 1.20 bits per heavy atom. The largest absolute Gasteiger partial charge is 0.493 e. The van der Waals surface area contributed by atoms with Crippen molar-refractivity contribution in [3.63, 3.8) is 0 Å². The molecule has 1 aromatic heterocycles. The second kappa shape index (κ2) is 9.30. The molecule has 2 heterocycles. The quantitative estimate of drug-likeness (QED) is 0.642. The van der Waals surface area contributed by atoms with E-state index in [9.17, 15) is 14.4 Å². The fourth-order valence-corrected chi connectivity index (χ4v) is 4.06. The highest BCUT2D eigenvalue weighted by Crippen LogP contribution is 2.34. The molecule has 2 aromatic rings. The summed E-state index contributed by atoms with van der Waals surface area (Å²) in [6, 6.07) is 11.3. The van der Waals surface area contributed by atoms with Crippen molar-refractivity contribution >= 4 is 28.9 Å². The van der Waals surface area contributed by atoms with Gasteiger partial charge >= 0.3 is 5.97 Å². The van der Waals surface area contributed by atoms with Crippen molar-refractivity contribution in [3.8, 4) is 5.75 Å². The average Bonchev–Trinajstić information content (AvgIpc) is 2.94. The number of rotatable bonds is 8. The third kappa shape index (κ3) is 5.60. The van der Waals surface area contributed by atoms with Crippen LogP contribution in [-0.4, -0.2) is 33.5 Å². The van der Waals surface area contributed by atoms with Gasteiger partial charge in [-0.3, -0.25) is 24.7 Å². The Labute approximate surface area is 179 Å². The molecular formula is C22H24N2O5S. The number of hydrogen-bond donors (Lipinski definition) is 1. The average molecular weight is 429 g/mol. The Kier molecular flexibility index (Phi) is 6.77. The van der Waals surface area contributed by atoms with Crippen LogP contribution in [0.5, 0.6) is 5.75 Å². The second-order valence-electron chi connectivity index (χ2n) is 7.33. The van der Waals surface area contributed by atoms with Crippen LogP contribution >= 0.6 is 11.8 Å². The van der Waals surface area contributed by atoms with Gasteiger partial charge in [0.1, 0.15) is 16.6 Å². The molecule has 1 unspecified atom stereocenters. The summed E-state index contributed by atoms with van der Waals surface area (Å²) in [6.07, 6.45) is 2.49. The zero-order chi connectivity index (χ0) is 21.7. The zero-order valence-electron chi connectivity index (χ0n) is 17.1. The van der Waals surface area contributed by atoms with Crippen molar-refractivity contribution in [2.45, 2.75) is 44.5 Å². The van der Waals surface area contributed by atoms with Crippen molar-refractivity contribution in [2.75, 3.05) is 6.61 Å². The molecule has 1 aromatic carbocycles. The fourth-order valence-electron chi connectivity index (χ4n) is 3.13. The number of ether oxygens (including phenoxy) is 2. The maximum absolute atomic E-state index is 12.0. The van der Waals surface area contributed by atoms with E-state index in [0.717, 1.165) is 34.3 Å². The lowest BCUT2D eigenvalue weighted by molar-refractivity contribution is -0.145. The summed E-state index contributed by atoms with van der Waals surface area (Å²) in [4.78, 5) is 38.8. The smallest absolute Gasteiger partial charge is 0.303 e. The molecule has 7 nitrogen and oxygen atoms in total. The summed E-state index contributed by atoms with van der Waals surface area (Å²) in [5.74, 6) is 0.154. The Morgan fingerprint density at radius 3 is 2.50 bits per heavy atom. The lowest BCUT2D eigenvalue weighted by Crippen LogP contribution is -2.35. The molecule has 0 bridgehead atoms. The van der Waals surface area contributed by atoms with Gasteiger partial charge in [0.25, 0.3) is 5.24 Å². The van der Waals surface area contributed by atoms with Crippen LogP contribution in [-0.2, 0) is 27.2 Å². The minimum atomic E-state index is -0.774. The topological polar surface area (TPSA) is 94.6 Å². The second-order valence-corrected chi connectivity index (χ2v) is 8.80. The Bertz CT molecular complexity index is 930. The van der Waals surface area contributed by atoms with Crippen LogP contribution in [0.2, 0.25) is 0 Å². The lowest BCUT2D eigenvalue weighted by Gasteiger charge is -2.18. The van der Waals surface area contributed by atoms with Crippen LogP contribution in [0.15, 0.2) is 42.6 Å². The molecule has 1 aliphatic rings. The van der Waals surface area contributed by atoms with E-state index in [1.54, 1.807) is 20.0 Å². The van der Waals surface area contributed by atoms with Gasteiger partial charge in [-0.05, 0) is 55.8 Å². The number of carbonyl (C=O) groups excluding carboxylic acids is 3. The van der Waals surface area contributed by atoms with E-state index >= 15 is 0 Å². The number of imide groups is 1. The molecule has 8 heteroatoms. The fraction of sp³-hybridized carbons (Fsp3) is 0.364. The highest BCUT2D eigenvalue weighted by molar-refractivity contribution is 8.16. The summed E-state index contributed by atoms with van der Waals surface area (Å²) in [7, 11) is 0. The van der Waals surface area contributed by atoms with Crippen molar-refractivity contribution in [2.24, 2.45) is 0 Å². The first-order valence-electron chi connectivity index (χ1n) is 9.63. The van der Waals surface area contributed by atoms with Gasteiger partial charge in [0.05, 0.1) is 6.61 Å². The molecule has 1 N–H and O–H groups in total. The number of carbonyl (C=O) groups is 3. The molecule has 0 radical (unpaired) electrons. The normalized spacial score (nSPS) is 19.3. The molecule has 1 saturated heterocycles. The first-order chi connectivity index (χ1) is 14.2. The van der Waals surface area contributed by atoms with Gasteiger partial charge in [0.2, 0.25) is 5.91 Å². The summed E-state index contributed by atoms with van der Waals surface area (Å²) in [5, 5.41) is 2.03. The van der Waals surface area contributed by atoms with Crippen LogP contribution in [0.1, 0.15) is 43.7 Å². The maximum Gasteiger partial charge on any atom is 0.303 e. The Hall–Kier alpha value is -2.87. The SMILES string of the molecule is CC(=O)O[C@@H](C)c1ccc(CCOc2ccc(CC3(C)SC(=O)NC3=O)cc2)nc1. The number of thioether (sulfide) groups is 1. The summed E-state index contributed by atoms with van der Waals surface area (Å²) in [6.45, 7) is 5.43. The van der Waals surface area contributed by atoms with Crippen LogP contribution in [0.25, 0.3) is 0 Å². The van der Waals surface area contributed by atoms with Crippen LogP contribution < -0.4 is 10.1 Å². The van der Waals surface area contributed by atoms with E-state index in [2.05, 4.69) is 10.3 Å². The maximum atomic E-state index is 12.0. The minimum absolute atomic E-state index is 0.251. The van der Waals surface area contributed by atoms with Crippen molar-refractivity contribution in [3.05, 3.63) is 59.4 Å². The number of hydrogen-bond acceptors (Lipinski definition) is 7. The van der Waals surface area contributed by atoms with E-state index in [0.29, 0.717) is 19.4 Å². The first-order valence-corrected chi connectivity index (χ1v) is 10.4. The lowest BCUT2D eigenvalue weighted by atomic mass is 9.99. The van der Waals surface area contributed by atoms with Gasteiger partial charge in [-0.15, -0.1) is 0 Å². The molecule has 158 valence electrons. The highest BCUT2D eigenvalue weighted by Gasteiger charge is 2.43. The number of nitrogens with zero attached hydrogens (tertiary/aromatic N) is 1. The Morgan fingerprint density at radius 2 is 1.93 bits per heavy atom. The van der Waals surface area contributed by atoms with Crippen molar-refractivity contribution in [1.29, 1.82) is 0 Å². The van der Waals surface area contributed by atoms with Gasteiger partial charge in [-0.25, -0.2) is 0 Å². The third-order valence-electron chi connectivity index (χ3n) is 4.77.